The molecule has 0 aliphatic heterocycles. The highest BCUT2D eigenvalue weighted by Gasteiger charge is 2.01. The minimum atomic E-state index is -1.35. The normalized spacial score (nSPS) is 13.4. The molecule has 0 aromatic rings. The van der Waals surface area contributed by atoms with Gasteiger partial charge in [0.15, 0.2) is 0 Å². The summed E-state index contributed by atoms with van der Waals surface area (Å²) >= 11 is 0. The van der Waals surface area contributed by atoms with E-state index in [4.69, 9.17) is 9.42 Å². The third kappa shape index (κ3) is 8.21. The molecule has 11 heavy (non-hydrogen) atoms. The molecule has 0 bridgehead atoms. The van der Waals surface area contributed by atoms with Crippen LogP contribution in [0.5, 0.6) is 0 Å². The van der Waals surface area contributed by atoms with E-state index >= 15 is 0 Å². The maximum absolute atomic E-state index is 9.14. The Morgan fingerprint density at radius 2 is 2.09 bits per heavy atom. The summed E-state index contributed by atoms with van der Waals surface area (Å²) in [5.74, 6) is 0. The third-order valence-corrected chi connectivity index (χ3v) is 2.13. The highest BCUT2D eigenvalue weighted by Crippen LogP contribution is 2.25. The minimum absolute atomic E-state index is 0.662. The lowest BCUT2D eigenvalue weighted by Gasteiger charge is -2.10. The summed E-state index contributed by atoms with van der Waals surface area (Å²) in [6.07, 6.45) is 3.15. The van der Waals surface area contributed by atoms with E-state index in [0.29, 0.717) is 6.61 Å². The van der Waals surface area contributed by atoms with Gasteiger partial charge in [-0.25, -0.2) is 0 Å². The molecule has 2 N–H and O–H groups in total. The van der Waals surface area contributed by atoms with Crippen LogP contribution in [0.4, 0.5) is 0 Å². The maximum Gasteiger partial charge on any atom is 0.253 e. The first-order valence-corrected chi connectivity index (χ1v) is 5.37. The summed E-state index contributed by atoms with van der Waals surface area (Å²) in [6, 6.07) is 0. The van der Waals surface area contributed by atoms with Gasteiger partial charge in [-0.1, -0.05) is 20.3 Å². The van der Waals surface area contributed by atoms with E-state index in [1.807, 2.05) is 0 Å². The summed E-state index contributed by atoms with van der Waals surface area (Å²) in [5, 5.41) is 2.89. The Morgan fingerprint density at radius 3 is 2.64 bits per heavy atom. The molecule has 0 spiro atoms. The van der Waals surface area contributed by atoms with Gasteiger partial charge in [0.2, 0.25) is 0 Å². The van der Waals surface area contributed by atoms with Gasteiger partial charge in [0.25, 0.3) is 8.53 Å². The van der Waals surface area contributed by atoms with Crippen molar-refractivity contribution in [3.05, 3.63) is 0 Å². The predicted molar refractivity (Wildman–Crippen MR) is 48.3 cm³/mol. The van der Waals surface area contributed by atoms with Crippen LogP contribution in [0.2, 0.25) is 0 Å². The fourth-order valence-corrected chi connectivity index (χ4v) is 1.36. The van der Waals surface area contributed by atoms with Gasteiger partial charge in [0.05, 0.1) is 6.61 Å². The highest BCUT2D eigenvalue weighted by atomic mass is 31.2. The van der Waals surface area contributed by atoms with Crippen molar-refractivity contribution in [3.63, 3.8) is 0 Å². The zero-order valence-electron chi connectivity index (χ0n) is 7.34. The van der Waals surface area contributed by atoms with Crippen molar-refractivity contribution in [2.24, 2.45) is 0 Å². The van der Waals surface area contributed by atoms with Crippen LogP contribution in [-0.2, 0) is 4.52 Å². The molecule has 0 aromatic carbocycles. The number of hydrogen-bond donors (Lipinski definition) is 2. The van der Waals surface area contributed by atoms with Gasteiger partial charge in [0, 0.05) is 6.54 Å². The quantitative estimate of drug-likeness (QED) is 0.464. The third-order valence-electron chi connectivity index (χ3n) is 1.21. The molecule has 1 atom stereocenters. The Hall–Kier alpha value is 0.310. The van der Waals surface area contributed by atoms with Gasteiger partial charge in [-0.05, 0) is 12.8 Å². The van der Waals surface area contributed by atoms with Crippen molar-refractivity contribution in [1.29, 1.82) is 0 Å². The number of hydrogen-bond acceptors (Lipinski definition) is 3. The molecule has 3 nitrogen and oxygen atoms in total. The zero-order chi connectivity index (χ0) is 8.53. The fraction of sp³-hybridized carbons (Fsp3) is 1.00. The second kappa shape index (κ2) is 8.41. The first-order chi connectivity index (χ1) is 5.31. The molecule has 0 amide bonds. The molecule has 1 unspecified atom stereocenters. The van der Waals surface area contributed by atoms with Crippen LogP contribution in [-0.4, -0.2) is 18.0 Å². The van der Waals surface area contributed by atoms with Gasteiger partial charge in [-0.2, -0.15) is 0 Å². The molecule has 0 heterocycles. The van der Waals surface area contributed by atoms with E-state index in [1.165, 1.54) is 0 Å². The molecule has 0 radical (unpaired) electrons. The molecule has 0 aliphatic rings. The van der Waals surface area contributed by atoms with Crippen LogP contribution in [0.3, 0.4) is 0 Å². The van der Waals surface area contributed by atoms with Crippen LogP contribution in [0.15, 0.2) is 0 Å². The Kier molecular flexibility index (Phi) is 8.64. The van der Waals surface area contributed by atoms with Crippen LogP contribution in [0, 0.1) is 0 Å². The molecule has 68 valence electrons. The Labute approximate surface area is 70.1 Å². The van der Waals surface area contributed by atoms with Gasteiger partial charge in [0.1, 0.15) is 0 Å². The van der Waals surface area contributed by atoms with Crippen molar-refractivity contribution >= 4 is 8.53 Å². The monoisotopic (exact) mass is 179 g/mol. The van der Waals surface area contributed by atoms with Crippen LogP contribution in [0.25, 0.3) is 0 Å². The van der Waals surface area contributed by atoms with Crippen molar-refractivity contribution in [1.82, 2.24) is 5.09 Å². The molecule has 0 rings (SSSR count). The van der Waals surface area contributed by atoms with E-state index in [0.717, 1.165) is 25.8 Å². The van der Waals surface area contributed by atoms with Crippen molar-refractivity contribution < 1.29 is 9.42 Å². The molecule has 0 saturated carbocycles. The smallest absolute Gasteiger partial charge is 0.253 e. The average molecular weight is 179 g/mol. The highest BCUT2D eigenvalue weighted by molar-refractivity contribution is 7.43. The van der Waals surface area contributed by atoms with Crippen molar-refractivity contribution in [3.8, 4) is 0 Å². The number of unbranched alkanes of at least 4 members (excludes halogenated alkanes) is 1. The van der Waals surface area contributed by atoms with Crippen LogP contribution < -0.4 is 5.09 Å². The van der Waals surface area contributed by atoms with Crippen molar-refractivity contribution in [2.45, 2.75) is 33.1 Å². The zero-order valence-corrected chi connectivity index (χ0v) is 8.23. The Bertz CT molecular complexity index is 82.8. The maximum atomic E-state index is 9.14. The lowest BCUT2D eigenvalue weighted by Crippen LogP contribution is -2.09. The fourth-order valence-electron chi connectivity index (χ4n) is 0.548. The van der Waals surface area contributed by atoms with Crippen LogP contribution in [0.1, 0.15) is 33.1 Å². The molecule has 4 heteroatoms. The standard InChI is InChI=1S/C7H18NO2P/c1-3-5-7-10-11(9)8-6-4-2/h8-9H,3-7H2,1-2H3. The lowest BCUT2D eigenvalue weighted by atomic mass is 10.4. The van der Waals surface area contributed by atoms with Crippen molar-refractivity contribution in [2.75, 3.05) is 13.2 Å². The molecular formula is C7H18NO2P. The SMILES string of the molecule is CCCCOP(O)NCCC. The summed E-state index contributed by atoms with van der Waals surface area (Å²) in [4.78, 5) is 9.14. The first kappa shape index (κ1) is 11.3. The minimum Gasteiger partial charge on any atom is -0.338 e. The van der Waals surface area contributed by atoms with Gasteiger partial charge >= 0.3 is 0 Å². The average Bonchev–Trinajstić information content (AvgIpc) is 2.01. The predicted octanol–water partition coefficient (Wildman–Crippen LogP) is 2.02. The van der Waals surface area contributed by atoms with E-state index < -0.39 is 8.53 Å². The van der Waals surface area contributed by atoms with Gasteiger partial charge in [-0.3, -0.25) is 5.09 Å². The second-order valence-corrected chi connectivity index (χ2v) is 3.49. The first-order valence-electron chi connectivity index (χ1n) is 4.16. The van der Waals surface area contributed by atoms with E-state index in [9.17, 15) is 0 Å². The topological polar surface area (TPSA) is 41.5 Å². The Balaban J connectivity index is 3.02. The van der Waals surface area contributed by atoms with Crippen LogP contribution >= 0.6 is 8.53 Å². The number of rotatable bonds is 7. The summed E-state index contributed by atoms with van der Waals surface area (Å²) in [6.45, 7) is 5.65. The van der Waals surface area contributed by atoms with E-state index in [-0.39, 0.29) is 0 Å². The van der Waals surface area contributed by atoms with E-state index in [2.05, 4.69) is 18.9 Å². The summed E-state index contributed by atoms with van der Waals surface area (Å²) in [7, 11) is -1.35. The van der Waals surface area contributed by atoms with E-state index in [1.54, 1.807) is 0 Å². The Morgan fingerprint density at radius 1 is 1.36 bits per heavy atom. The lowest BCUT2D eigenvalue weighted by molar-refractivity contribution is 0.295. The van der Waals surface area contributed by atoms with Gasteiger partial charge < -0.3 is 9.42 Å². The second-order valence-electron chi connectivity index (χ2n) is 2.37. The molecule has 0 fully saturated rings. The number of nitrogens with one attached hydrogen (secondary N) is 1. The molecule has 0 aliphatic carbocycles. The van der Waals surface area contributed by atoms with Gasteiger partial charge in [-0.15, -0.1) is 0 Å². The summed E-state index contributed by atoms with van der Waals surface area (Å²) in [5.41, 5.74) is 0. The molecule has 0 saturated heterocycles. The molecular weight excluding hydrogens is 161 g/mol. The largest absolute Gasteiger partial charge is 0.338 e. The summed E-state index contributed by atoms with van der Waals surface area (Å²) < 4.78 is 5.09. The molecule has 0 aromatic heterocycles.